The van der Waals surface area contributed by atoms with Gasteiger partial charge in [0.2, 0.25) is 0 Å². The summed E-state index contributed by atoms with van der Waals surface area (Å²) in [5.41, 5.74) is 5.08. The first-order chi connectivity index (χ1) is 15.6. The topological polar surface area (TPSA) is 74.2 Å². The van der Waals surface area contributed by atoms with E-state index in [1.807, 2.05) is 43.3 Å². The third kappa shape index (κ3) is 3.80. The summed E-state index contributed by atoms with van der Waals surface area (Å²) in [6.45, 7) is 4.68. The van der Waals surface area contributed by atoms with Crippen LogP contribution in [0.25, 0.3) is 11.3 Å². The van der Waals surface area contributed by atoms with Crippen molar-refractivity contribution in [2.24, 2.45) is 0 Å². The van der Waals surface area contributed by atoms with Crippen molar-refractivity contribution in [3.05, 3.63) is 95.8 Å². The zero-order valence-corrected chi connectivity index (χ0v) is 18.2. The summed E-state index contributed by atoms with van der Waals surface area (Å²) in [6.07, 6.45) is 4.38. The molecule has 3 heterocycles. The Hall–Kier alpha value is -3.80. The van der Waals surface area contributed by atoms with Crippen molar-refractivity contribution in [3.8, 4) is 11.3 Å². The van der Waals surface area contributed by atoms with Crippen LogP contribution in [0, 0.1) is 0 Å². The minimum absolute atomic E-state index is 0.168. The van der Waals surface area contributed by atoms with E-state index in [2.05, 4.69) is 45.3 Å². The number of furan rings is 1. The normalized spacial score (nSPS) is 16.1. The van der Waals surface area contributed by atoms with Crippen LogP contribution in [0.1, 0.15) is 47.4 Å². The number of fused-ring (bicyclic) bond motifs is 1. The zero-order valence-electron chi connectivity index (χ0n) is 18.2. The summed E-state index contributed by atoms with van der Waals surface area (Å²) in [6, 6.07) is 20.2. The number of hydrogen-bond donors (Lipinski definition) is 2. The number of amides is 1. The predicted octanol–water partition coefficient (Wildman–Crippen LogP) is 5.11. The number of rotatable bonds is 6. The highest BCUT2D eigenvalue weighted by Gasteiger charge is 2.28. The number of anilines is 1. The van der Waals surface area contributed by atoms with Gasteiger partial charge in [-0.05, 0) is 43.5 Å². The highest BCUT2D eigenvalue weighted by molar-refractivity contribution is 5.95. The van der Waals surface area contributed by atoms with Gasteiger partial charge in [0.15, 0.2) is 0 Å². The minimum atomic E-state index is -0.269. The predicted molar refractivity (Wildman–Crippen MR) is 124 cm³/mol. The fraction of sp³-hybridized carbons (Fsp3) is 0.231. The molecule has 32 heavy (non-hydrogen) atoms. The van der Waals surface area contributed by atoms with Gasteiger partial charge in [-0.15, -0.1) is 0 Å². The Morgan fingerprint density at radius 1 is 1.19 bits per heavy atom. The average Bonchev–Trinajstić information content (AvgIpc) is 3.54. The van der Waals surface area contributed by atoms with E-state index < -0.39 is 0 Å². The lowest BCUT2D eigenvalue weighted by Crippen LogP contribution is -2.31. The van der Waals surface area contributed by atoms with E-state index in [9.17, 15) is 4.79 Å². The number of imidazole rings is 1. The molecule has 1 amide bonds. The molecule has 0 spiro atoms. The van der Waals surface area contributed by atoms with Gasteiger partial charge in [-0.2, -0.15) is 0 Å². The number of para-hydroxylation sites is 1. The van der Waals surface area contributed by atoms with Crippen molar-refractivity contribution in [1.82, 2.24) is 15.3 Å². The molecule has 6 nitrogen and oxygen atoms in total. The number of nitrogens with one attached hydrogen (secondary N) is 2. The highest BCUT2D eigenvalue weighted by atomic mass is 16.3. The summed E-state index contributed by atoms with van der Waals surface area (Å²) >= 11 is 0. The number of aromatic amines is 1. The zero-order chi connectivity index (χ0) is 22.1. The molecule has 6 heteroatoms. The Labute approximate surface area is 187 Å². The number of hydrogen-bond acceptors (Lipinski definition) is 4. The lowest BCUT2D eigenvalue weighted by Gasteiger charge is -2.24. The van der Waals surface area contributed by atoms with Gasteiger partial charge in [-0.3, -0.25) is 4.79 Å². The maximum atomic E-state index is 13.1. The first-order valence-corrected chi connectivity index (χ1v) is 10.9. The second-order valence-electron chi connectivity index (χ2n) is 8.31. The van der Waals surface area contributed by atoms with E-state index in [1.54, 1.807) is 18.5 Å². The summed E-state index contributed by atoms with van der Waals surface area (Å²) in [7, 11) is 0. The number of carbonyl (C=O) groups excluding carboxylic acids is 1. The average molecular weight is 427 g/mol. The molecule has 2 aromatic carbocycles. The van der Waals surface area contributed by atoms with Crippen molar-refractivity contribution in [3.63, 3.8) is 0 Å². The van der Waals surface area contributed by atoms with Gasteiger partial charge in [-0.25, -0.2) is 4.98 Å². The molecule has 162 valence electrons. The van der Waals surface area contributed by atoms with Crippen molar-refractivity contribution in [1.29, 1.82) is 0 Å². The van der Waals surface area contributed by atoms with E-state index in [4.69, 9.17) is 4.42 Å². The largest absolute Gasteiger partial charge is 0.467 e. The second-order valence-corrected chi connectivity index (χ2v) is 8.31. The summed E-state index contributed by atoms with van der Waals surface area (Å²) < 4.78 is 5.73. The van der Waals surface area contributed by atoms with Crippen LogP contribution in [0.15, 0.2) is 77.5 Å². The second kappa shape index (κ2) is 8.38. The van der Waals surface area contributed by atoms with Gasteiger partial charge < -0.3 is 19.6 Å². The van der Waals surface area contributed by atoms with Crippen LogP contribution in [0.5, 0.6) is 0 Å². The highest BCUT2D eigenvalue weighted by Crippen LogP contribution is 2.33. The van der Waals surface area contributed by atoms with Crippen LogP contribution >= 0.6 is 0 Å². The number of nitrogens with zero attached hydrogens (tertiary/aromatic N) is 2. The van der Waals surface area contributed by atoms with E-state index in [1.165, 1.54) is 11.3 Å². The Kier molecular flexibility index (Phi) is 5.27. The van der Waals surface area contributed by atoms with E-state index in [0.29, 0.717) is 29.7 Å². The van der Waals surface area contributed by atoms with E-state index >= 15 is 0 Å². The first-order valence-electron chi connectivity index (χ1n) is 10.9. The lowest BCUT2D eigenvalue weighted by atomic mass is 10.1. The monoisotopic (exact) mass is 426 g/mol. The molecular formula is C26H26N4O2. The summed E-state index contributed by atoms with van der Waals surface area (Å²) in [5, 5.41) is 3.05. The Morgan fingerprint density at radius 2 is 1.97 bits per heavy atom. The molecule has 2 aromatic heterocycles. The molecular weight excluding hydrogens is 400 g/mol. The molecule has 1 aliphatic rings. The minimum Gasteiger partial charge on any atom is -0.467 e. The van der Waals surface area contributed by atoms with Crippen molar-refractivity contribution < 1.29 is 9.21 Å². The van der Waals surface area contributed by atoms with Gasteiger partial charge >= 0.3 is 0 Å². The number of aromatic nitrogens is 2. The van der Waals surface area contributed by atoms with Gasteiger partial charge in [0, 0.05) is 11.7 Å². The number of benzene rings is 2. The number of H-pyrrole nitrogens is 1. The van der Waals surface area contributed by atoms with Crippen LogP contribution in [0.2, 0.25) is 0 Å². The fourth-order valence-electron chi connectivity index (χ4n) is 4.35. The standard InChI is InChI=1S/C26H26N4O2/c1-17-14-20-10-6-7-11-23(20)30(17)16-24-21(12-13-32-24)26(31)28-18(2)25-27-15-22(29-25)19-8-4-3-5-9-19/h3-13,15,17-18H,14,16H2,1-2H3,(H,27,29)(H,28,31). The molecule has 0 radical (unpaired) electrons. The van der Waals surface area contributed by atoms with Gasteiger partial charge in [-0.1, -0.05) is 48.5 Å². The van der Waals surface area contributed by atoms with Crippen molar-refractivity contribution >= 4 is 11.6 Å². The molecule has 0 fully saturated rings. The Bertz CT molecular complexity index is 1230. The van der Waals surface area contributed by atoms with Gasteiger partial charge in [0.1, 0.15) is 11.6 Å². The van der Waals surface area contributed by atoms with Crippen molar-refractivity contribution in [2.45, 2.75) is 38.9 Å². The third-order valence-electron chi connectivity index (χ3n) is 6.09. The van der Waals surface area contributed by atoms with Gasteiger partial charge in [0.25, 0.3) is 5.91 Å². The summed E-state index contributed by atoms with van der Waals surface area (Å²) in [4.78, 5) is 23.1. The SMILES string of the molecule is CC(NC(=O)c1ccoc1CN1c2ccccc2CC1C)c1ncc(-c2ccccc2)[nH]1. The number of carbonyl (C=O) groups is 1. The molecule has 0 saturated heterocycles. The molecule has 2 N–H and O–H groups in total. The van der Waals surface area contributed by atoms with Gasteiger partial charge in [0.05, 0.1) is 36.3 Å². The quantitative estimate of drug-likeness (QED) is 0.449. The molecule has 0 saturated carbocycles. The van der Waals surface area contributed by atoms with Crippen LogP contribution in [-0.2, 0) is 13.0 Å². The molecule has 5 rings (SSSR count). The van der Waals surface area contributed by atoms with Crippen molar-refractivity contribution in [2.75, 3.05) is 4.90 Å². The maximum absolute atomic E-state index is 13.1. The van der Waals surface area contributed by atoms with Crippen LogP contribution in [-0.4, -0.2) is 21.9 Å². The van der Waals surface area contributed by atoms with E-state index in [-0.39, 0.29) is 11.9 Å². The van der Waals surface area contributed by atoms with Crippen LogP contribution in [0.3, 0.4) is 0 Å². The van der Waals surface area contributed by atoms with Crippen LogP contribution < -0.4 is 10.2 Å². The van der Waals surface area contributed by atoms with Crippen LogP contribution in [0.4, 0.5) is 5.69 Å². The Morgan fingerprint density at radius 3 is 2.81 bits per heavy atom. The smallest absolute Gasteiger partial charge is 0.255 e. The Balaban J connectivity index is 1.29. The van der Waals surface area contributed by atoms with E-state index in [0.717, 1.165) is 17.7 Å². The maximum Gasteiger partial charge on any atom is 0.255 e. The summed E-state index contributed by atoms with van der Waals surface area (Å²) in [5.74, 6) is 1.21. The third-order valence-corrected chi connectivity index (χ3v) is 6.09. The molecule has 0 aliphatic carbocycles. The lowest BCUT2D eigenvalue weighted by molar-refractivity contribution is 0.0936. The molecule has 2 atom stereocenters. The fourth-order valence-corrected chi connectivity index (χ4v) is 4.35. The molecule has 4 aromatic rings. The first kappa shape index (κ1) is 20.1. The molecule has 1 aliphatic heterocycles. The molecule has 0 bridgehead atoms. The molecule has 2 unspecified atom stereocenters.